The van der Waals surface area contributed by atoms with Crippen molar-refractivity contribution >= 4 is 17.3 Å². The van der Waals surface area contributed by atoms with Crippen LogP contribution >= 0.6 is 0 Å². The second kappa shape index (κ2) is 6.82. The van der Waals surface area contributed by atoms with Crippen molar-refractivity contribution < 1.29 is 4.79 Å². The first-order chi connectivity index (χ1) is 11.1. The summed E-state index contributed by atoms with van der Waals surface area (Å²) in [5.41, 5.74) is 4.59. The molecule has 2 N–H and O–H groups in total. The fourth-order valence-corrected chi connectivity index (χ4v) is 3.10. The van der Waals surface area contributed by atoms with E-state index in [-0.39, 0.29) is 5.91 Å². The van der Waals surface area contributed by atoms with Gasteiger partial charge < -0.3 is 10.6 Å². The van der Waals surface area contributed by atoms with E-state index in [4.69, 9.17) is 0 Å². The van der Waals surface area contributed by atoms with Gasteiger partial charge in [0.2, 0.25) is 0 Å². The molecule has 0 radical (unpaired) electrons. The van der Waals surface area contributed by atoms with Crippen molar-refractivity contribution in [1.82, 2.24) is 4.98 Å². The Morgan fingerprint density at radius 2 is 1.91 bits per heavy atom. The van der Waals surface area contributed by atoms with Gasteiger partial charge in [0.15, 0.2) is 0 Å². The topological polar surface area (TPSA) is 54.0 Å². The summed E-state index contributed by atoms with van der Waals surface area (Å²) in [7, 11) is 0. The summed E-state index contributed by atoms with van der Waals surface area (Å²) in [6, 6.07) is 8.39. The van der Waals surface area contributed by atoms with E-state index in [2.05, 4.69) is 21.7 Å². The molecule has 1 aromatic carbocycles. The van der Waals surface area contributed by atoms with E-state index >= 15 is 0 Å². The molecule has 1 aliphatic carbocycles. The number of rotatable bonds is 4. The third kappa shape index (κ3) is 3.89. The quantitative estimate of drug-likeness (QED) is 0.885. The van der Waals surface area contributed by atoms with Crippen molar-refractivity contribution in [3.63, 3.8) is 0 Å². The minimum Gasteiger partial charge on any atom is -0.381 e. The first kappa shape index (κ1) is 15.5. The zero-order chi connectivity index (χ0) is 16.2. The molecule has 0 saturated heterocycles. The molecule has 2 aromatic rings. The van der Waals surface area contributed by atoms with Crippen LogP contribution in [0.3, 0.4) is 0 Å². The summed E-state index contributed by atoms with van der Waals surface area (Å²) >= 11 is 0. The van der Waals surface area contributed by atoms with Gasteiger partial charge in [-0.05, 0) is 44.4 Å². The van der Waals surface area contributed by atoms with E-state index in [1.165, 1.54) is 31.2 Å². The summed E-state index contributed by atoms with van der Waals surface area (Å²) < 4.78 is 0. The fraction of sp³-hybridized carbons (Fsp3) is 0.368. The van der Waals surface area contributed by atoms with Crippen molar-refractivity contribution in [2.75, 3.05) is 10.6 Å². The Bertz CT molecular complexity index is 706. The lowest BCUT2D eigenvalue weighted by molar-refractivity contribution is 0.102. The number of hydrogen-bond acceptors (Lipinski definition) is 3. The first-order valence-electron chi connectivity index (χ1n) is 8.22. The fourth-order valence-electron chi connectivity index (χ4n) is 3.10. The number of carbonyl (C=O) groups is 1. The van der Waals surface area contributed by atoms with E-state index in [9.17, 15) is 4.79 Å². The third-order valence-electron chi connectivity index (χ3n) is 4.36. The lowest BCUT2D eigenvalue weighted by Gasteiger charge is -2.14. The monoisotopic (exact) mass is 309 g/mol. The molecule has 4 nitrogen and oxygen atoms in total. The SMILES string of the molecule is Cc1ccc(NC(=O)c2cncc(NC3CCCC3)c2)c(C)c1. The van der Waals surface area contributed by atoms with Gasteiger partial charge in [0.05, 0.1) is 11.3 Å². The van der Waals surface area contributed by atoms with Crippen LogP contribution < -0.4 is 10.6 Å². The standard InChI is InChI=1S/C19H23N3O/c1-13-7-8-18(14(2)9-13)22-19(23)15-10-17(12-20-11-15)21-16-5-3-4-6-16/h7-12,16,21H,3-6H2,1-2H3,(H,22,23). The van der Waals surface area contributed by atoms with Gasteiger partial charge in [-0.2, -0.15) is 0 Å². The van der Waals surface area contributed by atoms with E-state index in [0.29, 0.717) is 11.6 Å². The van der Waals surface area contributed by atoms with Crippen LogP contribution in [0, 0.1) is 13.8 Å². The number of aromatic nitrogens is 1. The first-order valence-corrected chi connectivity index (χ1v) is 8.22. The zero-order valence-corrected chi connectivity index (χ0v) is 13.7. The van der Waals surface area contributed by atoms with Crippen LogP contribution in [-0.4, -0.2) is 16.9 Å². The lowest BCUT2D eigenvalue weighted by Crippen LogP contribution is -2.17. The highest BCUT2D eigenvalue weighted by Crippen LogP contribution is 2.23. The second-order valence-corrected chi connectivity index (χ2v) is 6.36. The summed E-state index contributed by atoms with van der Waals surface area (Å²) in [6.07, 6.45) is 8.33. The summed E-state index contributed by atoms with van der Waals surface area (Å²) in [5.74, 6) is -0.125. The maximum atomic E-state index is 12.5. The average molecular weight is 309 g/mol. The molecule has 1 fully saturated rings. The van der Waals surface area contributed by atoms with Crippen LogP contribution in [0.25, 0.3) is 0 Å². The average Bonchev–Trinajstić information content (AvgIpc) is 3.03. The van der Waals surface area contributed by atoms with Gasteiger partial charge in [-0.3, -0.25) is 9.78 Å². The van der Waals surface area contributed by atoms with E-state index in [1.54, 1.807) is 12.4 Å². The van der Waals surface area contributed by atoms with Crippen LogP contribution in [-0.2, 0) is 0 Å². The molecule has 1 amide bonds. The number of hydrogen-bond donors (Lipinski definition) is 2. The Kier molecular flexibility index (Phi) is 4.60. The predicted octanol–water partition coefficient (Wildman–Crippen LogP) is 4.31. The van der Waals surface area contributed by atoms with Gasteiger partial charge >= 0.3 is 0 Å². The van der Waals surface area contributed by atoms with Gasteiger partial charge in [0, 0.05) is 24.1 Å². The van der Waals surface area contributed by atoms with Gasteiger partial charge in [0.25, 0.3) is 5.91 Å². The molecule has 1 saturated carbocycles. The highest BCUT2D eigenvalue weighted by Gasteiger charge is 2.15. The number of benzene rings is 1. The minimum atomic E-state index is -0.125. The number of anilines is 2. The highest BCUT2D eigenvalue weighted by atomic mass is 16.1. The maximum Gasteiger partial charge on any atom is 0.257 e. The number of nitrogens with zero attached hydrogens (tertiary/aromatic N) is 1. The molecule has 3 rings (SSSR count). The molecule has 1 aromatic heterocycles. The molecule has 0 bridgehead atoms. The Balaban J connectivity index is 1.71. The van der Waals surface area contributed by atoms with E-state index < -0.39 is 0 Å². The van der Waals surface area contributed by atoms with Gasteiger partial charge in [-0.25, -0.2) is 0 Å². The Hall–Kier alpha value is -2.36. The second-order valence-electron chi connectivity index (χ2n) is 6.36. The van der Waals surface area contributed by atoms with Gasteiger partial charge in [-0.1, -0.05) is 30.5 Å². The molecule has 0 unspecified atom stereocenters. The maximum absolute atomic E-state index is 12.5. The summed E-state index contributed by atoms with van der Waals surface area (Å²) in [6.45, 7) is 4.04. The van der Waals surface area contributed by atoms with E-state index in [0.717, 1.165) is 16.9 Å². The minimum absolute atomic E-state index is 0.125. The smallest absolute Gasteiger partial charge is 0.257 e. The Morgan fingerprint density at radius 1 is 1.13 bits per heavy atom. The van der Waals surface area contributed by atoms with Crippen LogP contribution in [0.4, 0.5) is 11.4 Å². The molecule has 4 heteroatoms. The molecule has 0 aliphatic heterocycles. The van der Waals surface area contributed by atoms with Crippen LogP contribution in [0.1, 0.15) is 47.2 Å². The normalized spacial score (nSPS) is 14.7. The zero-order valence-electron chi connectivity index (χ0n) is 13.7. The largest absolute Gasteiger partial charge is 0.381 e. The molecular weight excluding hydrogens is 286 g/mol. The van der Waals surface area contributed by atoms with Crippen molar-refractivity contribution in [2.24, 2.45) is 0 Å². The molecule has 23 heavy (non-hydrogen) atoms. The van der Waals surface area contributed by atoms with Crippen LogP contribution in [0.2, 0.25) is 0 Å². The summed E-state index contributed by atoms with van der Waals surface area (Å²) in [4.78, 5) is 16.7. The molecule has 1 heterocycles. The van der Waals surface area contributed by atoms with Gasteiger partial charge in [0.1, 0.15) is 0 Å². The van der Waals surface area contributed by atoms with Crippen LogP contribution in [0.5, 0.6) is 0 Å². The Labute approximate surface area is 137 Å². The van der Waals surface area contributed by atoms with E-state index in [1.807, 2.05) is 32.0 Å². The molecule has 0 spiro atoms. The van der Waals surface area contributed by atoms with Crippen LogP contribution in [0.15, 0.2) is 36.7 Å². The number of aryl methyl sites for hydroxylation is 2. The van der Waals surface area contributed by atoms with Crippen molar-refractivity contribution in [3.05, 3.63) is 53.3 Å². The number of amides is 1. The third-order valence-corrected chi connectivity index (χ3v) is 4.36. The molecular formula is C19H23N3O. The number of nitrogens with one attached hydrogen (secondary N) is 2. The summed E-state index contributed by atoms with van der Waals surface area (Å²) in [5, 5.41) is 6.44. The highest BCUT2D eigenvalue weighted by molar-refractivity contribution is 6.04. The lowest BCUT2D eigenvalue weighted by atomic mass is 10.1. The van der Waals surface area contributed by atoms with Crippen molar-refractivity contribution in [3.8, 4) is 0 Å². The van der Waals surface area contributed by atoms with Gasteiger partial charge in [-0.15, -0.1) is 0 Å². The Morgan fingerprint density at radius 3 is 2.65 bits per heavy atom. The molecule has 1 aliphatic rings. The van der Waals surface area contributed by atoms with Crippen molar-refractivity contribution in [1.29, 1.82) is 0 Å². The van der Waals surface area contributed by atoms with Crippen molar-refractivity contribution in [2.45, 2.75) is 45.6 Å². The molecule has 120 valence electrons. The number of pyridine rings is 1. The molecule has 0 atom stereocenters. The predicted molar refractivity (Wildman–Crippen MR) is 94.0 cm³/mol. The number of carbonyl (C=O) groups excluding carboxylic acids is 1.